The van der Waals surface area contributed by atoms with Gasteiger partial charge < -0.3 is 25.2 Å². The molecule has 1 unspecified atom stereocenters. The van der Waals surface area contributed by atoms with E-state index in [1.165, 1.54) is 22.4 Å². The zero-order valence-electron chi connectivity index (χ0n) is 23.9. The Morgan fingerprint density at radius 2 is 1.66 bits per heavy atom. The summed E-state index contributed by atoms with van der Waals surface area (Å²) in [6.45, 7) is 6.41. The minimum Gasteiger partial charge on any atom is -0.444 e. The molecule has 3 N–H and O–H groups in total. The number of nitrogens with zero attached hydrogens (tertiary/aromatic N) is 3. The fourth-order valence-corrected chi connectivity index (χ4v) is 4.35. The number of hydrogen-bond donors (Lipinski definition) is 3. The summed E-state index contributed by atoms with van der Waals surface area (Å²) in [7, 11) is 3.78. The van der Waals surface area contributed by atoms with Crippen molar-refractivity contribution in [2.75, 3.05) is 37.8 Å². The van der Waals surface area contributed by atoms with E-state index in [4.69, 9.17) is 4.74 Å². The summed E-state index contributed by atoms with van der Waals surface area (Å²) in [6.07, 6.45) is -0.591. The molecule has 0 fully saturated rings. The molecule has 3 aromatic rings. The zero-order valence-corrected chi connectivity index (χ0v) is 24.8. The molecule has 0 aliphatic carbocycles. The summed E-state index contributed by atoms with van der Waals surface area (Å²) in [5.74, 6) is -0.467. The van der Waals surface area contributed by atoms with Gasteiger partial charge in [-0.05, 0) is 52.1 Å². The SMILES string of the molecule is CN(C)CCN(Cc1ccc(C(=O)Nc2cscc2NC(=O)OC(C)(C)C)nc1)C(=O)NC(F)Cc1ccccc1. The molecule has 0 radical (unpaired) electrons. The number of hydrogen-bond acceptors (Lipinski definition) is 7. The summed E-state index contributed by atoms with van der Waals surface area (Å²) in [6, 6.07) is 11.8. The van der Waals surface area contributed by atoms with Gasteiger partial charge in [-0.25, -0.2) is 14.0 Å². The number of ether oxygens (including phenoxy) is 1. The first-order valence-corrected chi connectivity index (χ1v) is 14.0. The normalized spacial score (nSPS) is 12.0. The number of alkyl halides is 1. The molecule has 0 saturated heterocycles. The predicted molar refractivity (Wildman–Crippen MR) is 159 cm³/mol. The van der Waals surface area contributed by atoms with E-state index in [2.05, 4.69) is 20.9 Å². The smallest absolute Gasteiger partial charge is 0.412 e. The summed E-state index contributed by atoms with van der Waals surface area (Å²) in [4.78, 5) is 45.6. The quantitative estimate of drug-likeness (QED) is 0.262. The standard InChI is InChI=1S/C29H37FN6O4S/c1-29(2,3)40-28(39)33-24-19-41-18-23(24)32-26(37)22-12-11-21(16-31-22)17-36(14-13-35(4)5)27(38)34-25(30)15-20-9-7-6-8-10-20/h6-12,16,18-19,25H,13-15,17H2,1-5H3,(H,32,37)(H,33,39)(H,34,38). The van der Waals surface area contributed by atoms with E-state index in [9.17, 15) is 18.8 Å². The molecule has 0 bridgehead atoms. The Labute approximate surface area is 243 Å². The van der Waals surface area contributed by atoms with Crippen molar-refractivity contribution in [3.63, 3.8) is 0 Å². The lowest BCUT2D eigenvalue weighted by Gasteiger charge is -2.26. The number of pyridine rings is 1. The Morgan fingerprint density at radius 1 is 0.976 bits per heavy atom. The van der Waals surface area contributed by atoms with Gasteiger partial charge in [0.2, 0.25) is 0 Å². The third-order valence-electron chi connectivity index (χ3n) is 5.62. The minimum absolute atomic E-state index is 0.0681. The number of carbonyl (C=O) groups is 3. The van der Waals surface area contributed by atoms with E-state index in [0.29, 0.717) is 30.0 Å². The van der Waals surface area contributed by atoms with Crippen LogP contribution < -0.4 is 16.0 Å². The molecule has 0 aliphatic rings. The maximum Gasteiger partial charge on any atom is 0.412 e. The Kier molecular flexibility index (Phi) is 11.2. The molecule has 0 saturated carbocycles. The highest BCUT2D eigenvalue weighted by Crippen LogP contribution is 2.27. The molecule has 12 heteroatoms. The highest BCUT2D eigenvalue weighted by molar-refractivity contribution is 7.09. The van der Waals surface area contributed by atoms with Crippen LogP contribution in [-0.4, -0.2) is 71.9 Å². The first-order valence-electron chi connectivity index (χ1n) is 13.1. The molecule has 220 valence electrons. The van der Waals surface area contributed by atoms with Crippen LogP contribution in [0.2, 0.25) is 0 Å². The summed E-state index contributed by atoms with van der Waals surface area (Å²) in [5.41, 5.74) is 1.78. The number of anilines is 2. The molecule has 0 spiro atoms. The predicted octanol–water partition coefficient (Wildman–Crippen LogP) is 5.35. The Hall–Kier alpha value is -4.03. The van der Waals surface area contributed by atoms with Gasteiger partial charge in [0.15, 0.2) is 6.30 Å². The summed E-state index contributed by atoms with van der Waals surface area (Å²) < 4.78 is 19.9. The highest BCUT2D eigenvalue weighted by Gasteiger charge is 2.21. The maximum atomic E-state index is 14.6. The third kappa shape index (κ3) is 10.8. The lowest BCUT2D eigenvalue weighted by atomic mass is 10.1. The lowest BCUT2D eigenvalue weighted by Crippen LogP contribution is -2.45. The zero-order chi connectivity index (χ0) is 30.0. The van der Waals surface area contributed by atoms with E-state index >= 15 is 0 Å². The van der Waals surface area contributed by atoms with E-state index in [-0.39, 0.29) is 18.7 Å². The van der Waals surface area contributed by atoms with E-state index in [1.807, 2.05) is 49.3 Å². The molecule has 4 amide bonds. The summed E-state index contributed by atoms with van der Waals surface area (Å²) >= 11 is 1.31. The van der Waals surface area contributed by atoms with Gasteiger partial charge >= 0.3 is 12.1 Å². The average molecular weight is 585 g/mol. The highest BCUT2D eigenvalue weighted by atomic mass is 32.1. The third-order valence-corrected chi connectivity index (χ3v) is 6.36. The van der Waals surface area contributed by atoms with Gasteiger partial charge in [-0.15, -0.1) is 11.3 Å². The van der Waals surface area contributed by atoms with Gasteiger partial charge in [0, 0.05) is 43.0 Å². The van der Waals surface area contributed by atoms with E-state index < -0.39 is 29.9 Å². The number of rotatable bonds is 11. The van der Waals surface area contributed by atoms with Crippen molar-refractivity contribution in [3.8, 4) is 0 Å². The number of likely N-dealkylation sites (N-methyl/N-ethyl adjacent to an activating group) is 1. The molecule has 1 atom stereocenters. The number of carbonyl (C=O) groups excluding carboxylic acids is 3. The Balaban J connectivity index is 1.61. The second-order valence-electron chi connectivity index (χ2n) is 10.7. The first-order chi connectivity index (χ1) is 19.4. The number of aromatic nitrogens is 1. The summed E-state index contributed by atoms with van der Waals surface area (Å²) in [5, 5.41) is 11.2. The van der Waals surface area contributed by atoms with Crippen LogP contribution in [0.25, 0.3) is 0 Å². The van der Waals surface area contributed by atoms with Gasteiger partial charge in [0.1, 0.15) is 11.3 Å². The van der Waals surface area contributed by atoms with Crippen LogP contribution in [0, 0.1) is 0 Å². The number of benzene rings is 1. The largest absolute Gasteiger partial charge is 0.444 e. The van der Waals surface area contributed by atoms with Gasteiger partial charge in [-0.3, -0.25) is 15.1 Å². The first kappa shape index (κ1) is 31.5. The topological polar surface area (TPSA) is 116 Å². The van der Waals surface area contributed by atoms with Gasteiger partial charge in [-0.2, -0.15) is 0 Å². The Morgan fingerprint density at radius 3 is 2.27 bits per heavy atom. The van der Waals surface area contributed by atoms with Crippen LogP contribution in [0.5, 0.6) is 0 Å². The van der Waals surface area contributed by atoms with Crippen molar-refractivity contribution in [2.24, 2.45) is 0 Å². The molecule has 2 aromatic heterocycles. The van der Waals surface area contributed by atoms with Crippen molar-refractivity contribution in [1.82, 2.24) is 20.1 Å². The number of urea groups is 1. The van der Waals surface area contributed by atoms with Crippen LogP contribution >= 0.6 is 11.3 Å². The molecule has 2 heterocycles. The van der Waals surface area contributed by atoms with Crippen LogP contribution in [-0.2, 0) is 17.7 Å². The lowest BCUT2D eigenvalue weighted by molar-refractivity contribution is 0.0635. The molecule has 1 aromatic carbocycles. The monoisotopic (exact) mass is 584 g/mol. The fourth-order valence-electron chi connectivity index (χ4n) is 3.63. The van der Waals surface area contributed by atoms with Crippen molar-refractivity contribution < 1.29 is 23.5 Å². The Bertz CT molecular complexity index is 1290. The maximum absolute atomic E-state index is 14.6. The van der Waals surface area contributed by atoms with Gasteiger partial charge in [0.25, 0.3) is 5.91 Å². The molecule has 0 aliphatic heterocycles. The van der Waals surface area contributed by atoms with Crippen LogP contribution in [0.1, 0.15) is 42.4 Å². The average Bonchev–Trinajstić information content (AvgIpc) is 3.32. The van der Waals surface area contributed by atoms with Crippen molar-refractivity contribution in [2.45, 2.75) is 45.6 Å². The van der Waals surface area contributed by atoms with Crippen molar-refractivity contribution in [3.05, 3.63) is 76.2 Å². The van der Waals surface area contributed by atoms with Gasteiger partial charge in [0.05, 0.1) is 11.4 Å². The van der Waals surface area contributed by atoms with Gasteiger partial charge in [-0.1, -0.05) is 36.4 Å². The molecule has 41 heavy (non-hydrogen) atoms. The second kappa shape index (κ2) is 14.6. The van der Waals surface area contributed by atoms with E-state index in [0.717, 1.165) is 5.56 Å². The molecular formula is C29H37FN6O4S. The molecular weight excluding hydrogens is 547 g/mol. The number of thiophene rings is 1. The second-order valence-corrected chi connectivity index (χ2v) is 11.4. The van der Waals surface area contributed by atoms with E-state index in [1.54, 1.807) is 43.7 Å². The van der Waals surface area contributed by atoms with Crippen LogP contribution in [0.3, 0.4) is 0 Å². The van der Waals surface area contributed by atoms with Crippen LogP contribution in [0.4, 0.5) is 25.4 Å². The minimum atomic E-state index is -1.54. The number of amides is 4. The molecule has 3 rings (SSSR count). The van der Waals surface area contributed by atoms with Crippen LogP contribution in [0.15, 0.2) is 59.4 Å². The number of nitrogens with one attached hydrogen (secondary N) is 3. The molecule has 10 nitrogen and oxygen atoms in total. The fraction of sp³-hybridized carbons (Fsp3) is 0.379. The van der Waals surface area contributed by atoms with Crippen molar-refractivity contribution in [1.29, 1.82) is 0 Å². The van der Waals surface area contributed by atoms with Crippen molar-refractivity contribution >= 4 is 40.7 Å². The number of halogens is 1.